The Morgan fingerprint density at radius 2 is 2.05 bits per heavy atom. The molecule has 0 saturated heterocycles. The molecule has 1 aliphatic rings. The van der Waals surface area contributed by atoms with Gasteiger partial charge in [-0.25, -0.2) is 0 Å². The van der Waals surface area contributed by atoms with Crippen LogP contribution in [0.4, 0.5) is 18.9 Å². The summed E-state index contributed by atoms with van der Waals surface area (Å²) in [4.78, 5) is 0. The Hall–Kier alpha value is -1.23. The van der Waals surface area contributed by atoms with E-state index in [0.29, 0.717) is 12.8 Å². The van der Waals surface area contributed by atoms with E-state index in [0.717, 1.165) is 24.1 Å². The monoisotopic (exact) mass is 301 g/mol. The van der Waals surface area contributed by atoms with Crippen LogP contribution < -0.4 is 5.32 Å². The maximum Gasteiger partial charge on any atom is 0.391 e. The minimum atomic E-state index is -4.08. The van der Waals surface area contributed by atoms with Crippen LogP contribution in [0.25, 0.3) is 0 Å². The van der Waals surface area contributed by atoms with Crippen LogP contribution in [0.3, 0.4) is 0 Å². The second-order valence-electron chi connectivity index (χ2n) is 5.77. The largest absolute Gasteiger partial charge is 0.396 e. The van der Waals surface area contributed by atoms with Gasteiger partial charge in [0.15, 0.2) is 0 Å². The molecule has 1 aromatic carbocycles. The first-order valence-electron chi connectivity index (χ1n) is 7.52. The molecular weight excluding hydrogens is 279 g/mol. The molecule has 2 nitrogen and oxygen atoms in total. The third-order valence-corrected chi connectivity index (χ3v) is 4.06. The highest BCUT2D eigenvalue weighted by Gasteiger charge is 2.42. The molecule has 1 aromatic rings. The zero-order chi connectivity index (χ0) is 15.3. The molecule has 1 saturated carbocycles. The molecule has 0 radical (unpaired) electrons. The first-order chi connectivity index (χ1) is 9.99. The van der Waals surface area contributed by atoms with Crippen molar-refractivity contribution in [3.8, 4) is 0 Å². The van der Waals surface area contributed by atoms with Crippen LogP contribution in [-0.4, -0.2) is 23.9 Å². The molecular formula is C16H22F3NO. The number of aliphatic hydroxyl groups is 1. The molecule has 0 heterocycles. The number of rotatable bonds is 5. The Bertz CT molecular complexity index is 447. The first kappa shape index (κ1) is 16.1. The lowest BCUT2D eigenvalue weighted by Crippen LogP contribution is -2.34. The number of benzene rings is 1. The lowest BCUT2D eigenvalue weighted by atomic mass is 9.85. The predicted octanol–water partition coefficient (Wildman–Crippen LogP) is 4.14. The standard InChI is InChI=1S/C16H22F3NO/c17-16(18,19)13-6-2-8-15(11-13)20-14-7-1-4-12(10-14)5-3-9-21/h1,4,7,10,13,15,20-21H,2-3,5-6,8-9,11H2. The van der Waals surface area contributed by atoms with Crippen LogP contribution in [0, 0.1) is 5.92 Å². The van der Waals surface area contributed by atoms with E-state index >= 15 is 0 Å². The van der Waals surface area contributed by atoms with Gasteiger partial charge in [-0.05, 0) is 49.8 Å². The lowest BCUT2D eigenvalue weighted by Gasteiger charge is -2.31. The van der Waals surface area contributed by atoms with Crippen molar-refractivity contribution >= 4 is 5.69 Å². The second kappa shape index (κ2) is 7.16. The summed E-state index contributed by atoms with van der Waals surface area (Å²) in [6, 6.07) is 7.62. The summed E-state index contributed by atoms with van der Waals surface area (Å²) in [5.74, 6) is -1.18. The minimum absolute atomic E-state index is 0.113. The van der Waals surface area contributed by atoms with Crippen molar-refractivity contribution in [3.63, 3.8) is 0 Å². The number of hydrogen-bond donors (Lipinski definition) is 2. The SMILES string of the molecule is OCCCc1cccc(NC2CCCC(C(F)(F)F)C2)c1. The zero-order valence-corrected chi connectivity index (χ0v) is 12.0. The topological polar surface area (TPSA) is 32.3 Å². The first-order valence-corrected chi connectivity index (χ1v) is 7.52. The van der Waals surface area contributed by atoms with Crippen molar-refractivity contribution in [2.24, 2.45) is 5.92 Å². The smallest absolute Gasteiger partial charge is 0.391 e. The number of nitrogens with one attached hydrogen (secondary N) is 1. The van der Waals surface area contributed by atoms with Crippen LogP contribution in [0.15, 0.2) is 24.3 Å². The summed E-state index contributed by atoms with van der Waals surface area (Å²) in [5.41, 5.74) is 1.97. The van der Waals surface area contributed by atoms with Gasteiger partial charge in [-0.15, -0.1) is 0 Å². The van der Waals surface area contributed by atoms with E-state index in [1.54, 1.807) is 0 Å². The van der Waals surface area contributed by atoms with Crippen molar-refractivity contribution in [1.29, 1.82) is 0 Å². The molecule has 5 heteroatoms. The van der Waals surface area contributed by atoms with Gasteiger partial charge in [0, 0.05) is 18.3 Å². The number of anilines is 1. The minimum Gasteiger partial charge on any atom is -0.396 e. The van der Waals surface area contributed by atoms with Crippen molar-refractivity contribution in [2.75, 3.05) is 11.9 Å². The maximum atomic E-state index is 12.8. The number of halogens is 3. The molecule has 0 bridgehead atoms. The highest BCUT2D eigenvalue weighted by Crippen LogP contribution is 2.38. The fourth-order valence-electron chi connectivity index (χ4n) is 2.95. The van der Waals surface area contributed by atoms with Gasteiger partial charge >= 0.3 is 6.18 Å². The molecule has 118 valence electrons. The normalized spacial score (nSPS) is 23.0. The molecule has 2 N–H and O–H groups in total. The van der Waals surface area contributed by atoms with Gasteiger partial charge in [0.25, 0.3) is 0 Å². The average Bonchev–Trinajstić information content (AvgIpc) is 2.45. The molecule has 0 spiro atoms. The van der Waals surface area contributed by atoms with E-state index in [-0.39, 0.29) is 25.5 Å². The summed E-state index contributed by atoms with van der Waals surface area (Å²) in [6.07, 6.45) is -0.795. The van der Waals surface area contributed by atoms with E-state index in [1.165, 1.54) is 0 Å². The summed E-state index contributed by atoms with van der Waals surface area (Å²) >= 11 is 0. The third kappa shape index (κ3) is 4.92. The van der Waals surface area contributed by atoms with E-state index in [4.69, 9.17) is 5.11 Å². The van der Waals surface area contributed by atoms with Crippen molar-refractivity contribution in [3.05, 3.63) is 29.8 Å². The zero-order valence-electron chi connectivity index (χ0n) is 12.0. The summed E-state index contributed by atoms with van der Waals surface area (Å²) in [7, 11) is 0. The fraction of sp³-hybridized carbons (Fsp3) is 0.625. The van der Waals surface area contributed by atoms with E-state index < -0.39 is 12.1 Å². The van der Waals surface area contributed by atoms with E-state index in [2.05, 4.69) is 5.32 Å². The molecule has 2 atom stereocenters. The third-order valence-electron chi connectivity index (χ3n) is 4.06. The Morgan fingerprint density at radius 1 is 1.24 bits per heavy atom. The van der Waals surface area contributed by atoms with Crippen molar-refractivity contribution in [2.45, 2.75) is 50.7 Å². The molecule has 2 rings (SSSR count). The van der Waals surface area contributed by atoms with Crippen molar-refractivity contribution < 1.29 is 18.3 Å². The number of hydrogen-bond acceptors (Lipinski definition) is 2. The van der Waals surface area contributed by atoms with Gasteiger partial charge in [0.05, 0.1) is 5.92 Å². The number of aryl methyl sites for hydroxylation is 1. The molecule has 2 unspecified atom stereocenters. The van der Waals surface area contributed by atoms with Crippen LogP contribution in [0.5, 0.6) is 0 Å². The molecule has 0 amide bonds. The Kier molecular flexibility index (Phi) is 5.51. The summed E-state index contributed by atoms with van der Waals surface area (Å²) < 4.78 is 38.4. The maximum absolute atomic E-state index is 12.8. The summed E-state index contributed by atoms with van der Waals surface area (Å²) in [6.45, 7) is 0.146. The predicted molar refractivity (Wildman–Crippen MR) is 77.3 cm³/mol. The van der Waals surface area contributed by atoms with Crippen LogP contribution >= 0.6 is 0 Å². The number of alkyl halides is 3. The van der Waals surface area contributed by atoms with Crippen LogP contribution in [0.2, 0.25) is 0 Å². The fourth-order valence-corrected chi connectivity index (χ4v) is 2.95. The number of aliphatic hydroxyl groups excluding tert-OH is 1. The Morgan fingerprint density at radius 3 is 2.76 bits per heavy atom. The highest BCUT2D eigenvalue weighted by molar-refractivity contribution is 5.46. The second-order valence-corrected chi connectivity index (χ2v) is 5.77. The molecule has 1 aliphatic carbocycles. The van der Waals surface area contributed by atoms with Gasteiger partial charge in [0.2, 0.25) is 0 Å². The Labute approximate surface area is 123 Å². The van der Waals surface area contributed by atoms with Gasteiger partial charge in [-0.3, -0.25) is 0 Å². The quantitative estimate of drug-likeness (QED) is 0.856. The van der Waals surface area contributed by atoms with Gasteiger partial charge in [-0.1, -0.05) is 18.6 Å². The summed E-state index contributed by atoms with van der Waals surface area (Å²) in [5, 5.41) is 12.1. The van der Waals surface area contributed by atoms with Gasteiger partial charge in [0.1, 0.15) is 0 Å². The van der Waals surface area contributed by atoms with Crippen LogP contribution in [0.1, 0.15) is 37.7 Å². The average molecular weight is 301 g/mol. The molecule has 0 aliphatic heterocycles. The van der Waals surface area contributed by atoms with E-state index in [1.807, 2.05) is 24.3 Å². The van der Waals surface area contributed by atoms with E-state index in [9.17, 15) is 13.2 Å². The Balaban J connectivity index is 1.94. The lowest BCUT2D eigenvalue weighted by molar-refractivity contribution is -0.182. The van der Waals surface area contributed by atoms with Gasteiger partial charge < -0.3 is 10.4 Å². The molecule has 0 aromatic heterocycles. The molecule has 1 fully saturated rings. The van der Waals surface area contributed by atoms with Gasteiger partial charge in [-0.2, -0.15) is 13.2 Å². The molecule has 21 heavy (non-hydrogen) atoms. The highest BCUT2D eigenvalue weighted by atomic mass is 19.4. The van der Waals surface area contributed by atoms with Crippen molar-refractivity contribution in [1.82, 2.24) is 0 Å². The van der Waals surface area contributed by atoms with Crippen LogP contribution in [-0.2, 0) is 6.42 Å².